The molecule has 2 aliphatic heterocycles. The summed E-state index contributed by atoms with van der Waals surface area (Å²) in [6, 6.07) is 0.514. The summed E-state index contributed by atoms with van der Waals surface area (Å²) >= 11 is 0. The average Bonchev–Trinajstić information content (AvgIpc) is 2.83. The van der Waals surface area contributed by atoms with Crippen LogP contribution in [0, 0.1) is 5.92 Å². The number of carbonyl (C=O) groups excluding carboxylic acids is 2. The number of carbonyl (C=O) groups is 2. The smallest absolute Gasteiger partial charge is 0.227 e. The fourth-order valence-corrected chi connectivity index (χ4v) is 3.36. The molecule has 1 atom stereocenters. The van der Waals surface area contributed by atoms with E-state index in [2.05, 4.69) is 13.8 Å². The van der Waals surface area contributed by atoms with Crippen molar-refractivity contribution in [1.29, 1.82) is 0 Å². The van der Waals surface area contributed by atoms with Crippen LogP contribution in [-0.4, -0.2) is 53.3 Å². The fourth-order valence-electron chi connectivity index (χ4n) is 3.36. The highest BCUT2D eigenvalue weighted by atomic mass is 16.2. The Hall–Kier alpha value is -1.10. The third-order valence-corrected chi connectivity index (χ3v) is 4.74. The van der Waals surface area contributed by atoms with Crippen molar-refractivity contribution in [2.45, 2.75) is 58.0 Å². The van der Waals surface area contributed by atoms with Crippen LogP contribution in [0.15, 0.2) is 0 Å². The molecule has 0 saturated carbocycles. The van der Waals surface area contributed by atoms with E-state index in [0.717, 1.165) is 38.8 Å². The maximum Gasteiger partial charge on any atom is 0.227 e. The van der Waals surface area contributed by atoms with E-state index in [0.29, 0.717) is 13.0 Å². The summed E-state index contributed by atoms with van der Waals surface area (Å²) in [5.74, 6) is 0.155. The molecule has 0 aliphatic carbocycles. The lowest BCUT2D eigenvalue weighted by Gasteiger charge is -2.32. The minimum Gasteiger partial charge on any atom is -0.342 e. The van der Waals surface area contributed by atoms with Crippen LogP contribution >= 0.6 is 0 Å². The van der Waals surface area contributed by atoms with Gasteiger partial charge in [-0.2, -0.15) is 0 Å². The van der Waals surface area contributed by atoms with Crippen molar-refractivity contribution in [1.82, 2.24) is 9.80 Å². The second kappa shape index (κ2) is 6.57. The van der Waals surface area contributed by atoms with Crippen molar-refractivity contribution >= 4 is 11.8 Å². The Morgan fingerprint density at radius 1 is 1.30 bits per heavy atom. The Balaban J connectivity index is 1.94. The zero-order chi connectivity index (χ0) is 14.7. The minimum atomic E-state index is -0.141. The van der Waals surface area contributed by atoms with Gasteiger partial charge in [-0.05, 0) is 25.7 Å². The molecule has 0 spiro atoms. The summed E-state index contributed by atoms with van der Waals surface area (Å²) in [5.41, 5.74) is 5.87. The molecule has 2 rings (SSSR count). The molecule has 1 unspecified atom stereocenters. The molecule has 2 heterocycles. The Bertz CT molecular complexity index is 360. The van der Waals surface area contributed by atoms with Crippen molar-refractivity contribution in [2.24, 2.45) is 11.7 Å². The largest absolute Gasteiger partial charge is 0.342 e. The third kappa shape index (κ3) is 3.14. The zero-order valence-electron chi connectivity index (χ0n) is 12.7. The first kappa shape index (κ1) is 15.3. The normalized spacial score (nSPS) is 24.8. The lowest BCUT2D eigenvalue weighted by atomic mass is 10.0. The molecule has 5 nitrogen and oxygen atoms in total. The summed E-state index contributed by atoms with van der Waals surface area (Å²) in [5, 5.41) is 0. The number of piperidine rings is 1. The van der Waals surface area contributed by atoms with Crippen molar-refractivity contribution in [3.63, 3.8) is 0 Å². The van der Waals surface area contributed by atoms with E-state index in [1.807, 2.05) is 9.80 Å². The molecular formula is C15H27N3O2. The van der Waals surface area contributed by atoms with E-state index >= 15 is 0 Å². The first-order chi connectivity index (χ1) is 9.56. The molecule has 2 aliphatic rings. The second-order valence-corrected chi connectivity index (χ2v) is 6.08. The molecule has 0 aromatic carbocycles. The van der Waals surface area contributed by atoms with Crippen LogP contribution < -0.4 is 5.73 Å². The Labute approximate surface area is 121 Å². The lowest BCUT2D eigenvalue weighted by Crippen LogP contribution is -2.46. The van der Waals surface area contributed by atoms with Gasteiger partial charge in [0.2, 0.25) is 11.8 Å². The number of amides is 2. The maximum absolute atomic E-state index is 12.5. The number of rotatable bonds is 4. The van der Waals surface area contributed by atoms with Crippen LogP contribution in [0.25, 0.3) is 0 Å². The number of nitrogens with zero attached hydrogens (tertiary/aromatic N) is 2. The summed E-state index contributed by atoms with van der Waals surface area (Å²) in [7, 11) is 0. The van der Waals surface area contributed by atoms with Crippen molar-refractivity contribution in [3.05, 3.63) is 0 Å². The van der Waals surface area contributed by atoms with Gasteiger partial charge in [-0.15, -0.1) is 0 Å². The first-order valence-electron chi connectivity index (χ1n) is 7.90. The molecule has 5 heteroatoms. The molecule has 0 radical (unpaired) electrons. The predicted octanol–water partition coefficient (Wildman–Crippen LogP) is 0.973. The van der Waals surface area contributed by atoms with Gasteiger partial charge in [0.1, 0.15) is 0 Å². The minimum absolute atomic E-state index is 0.141. The molecule has 20 heavy (non-hydrogen) atoms. The molecule has 114 valence electrons. The Morgan fingerprint density at radius 2 is 1.90 bits per heavy atom. The van der Waals surface area contributed by atoms with Gasteiger partial charge in [-0.1, -0.05) is 13.8 Å². The van der Waals surface area contributed by atoms with Crippen LogP contribution in [0.3, 0.4) is 0 Å². The summed E-state index contributed by atoms with van der Waals surface area (Å²) in [4.78, 5) is 28.4. The van der Waals surface area contributed by atoms with Gasteiger partial charge >= 0.3 is 0 Å². The maximum atomic E-state index is 12.5. The second-order valence-electron chi connectivity index (χ2n) is 6.08. The Morgan fingerprint density at radius 3 is 2.45 bits per heavy atom. The van der Waals surface area contributed by atoms with E-state index < -0.39 is 0 Å². The first-order valence-corrected chi connectivity index (χ1v) is 7.90. The third-order valence-electron chi connectivity index (χ3n) is 4.74. The monoisotopic (exact) mass is 281 g/mol. The molecule has 0 bridgehead atoms. The van der Waals surface area contributed by atoms with Crippen LogP contribution in [0.1, 0.15) is 46.0 Å². The molecule has 0 aromatic heterocycles. The van der Waals surface area contributed by atoms with Crippen LogP contribution in [0.2, 0.25) is 0 Å². The quantitative estimate of drug-likeness (QED) is 0.835. The van der Waals surface area contributed by atoms with Crippen molar-refractivity contribution < 1.29 is 9.59 Å². The zero-order valence-corrected chi connectivity index (χ0v) is 12.7. The number of hydrogen-bond acceptors (Lipinski definition) is 3. The van der Waals surface area contributed by atoms with Gasteiger partial charge in [0.25, 0.3) is 0 Å². The molecule has 2 fully saturated rings. The molecule has 0 aromatic rings. The van der Waals surface area contributed by atoms with Gasteiger partial charge in [0.05, 0.1) is 5.92 Å². The molecule has 2 N–H and O–H groups in total. The van der Waals surface area contributed by atoms with Crippen molar-refractivity contribution in [2.75, 3.05) is 19.6 Å². The van der Waals surface area contributed by atoms with E-state index in [1.54, 1.807) is 0 Å². The van der Waals surface area contributed by atoms with Crippen LogP contribution in [0.5, 0.6) is 0 Å². The standard InChI is InChI=1S/C15H27N3O2/c1-3-13(4-2)18-10-11(9-14(18)19)15(20)17-7-5-12(16)6-8-17/h11-13H,3-10,16H2,1-2H3. The SMILES string of the molecule is CCC(CC)N1CC(C(=O)N2CCC(N)CC2)CC1=O. The van der Waals surface area contributed by atoms with Gasteiger partial charge < -0.3 is 15.5 Å². The predicted molar refractivity (Wildman–Crippen MR) is 78.0 cm³/mol. The van der Waals surface area contributed by atoms with Crippen molar-refractivity contribution in [3.8, 4) is 0 Å². The molecular weight excluding hydrogens is 254 g/mol. The topological polar surface area (TPSA) is 66.6 Å². The van der Waals surface area contributed by atoms with E-state index in [1.165, 1.54) is 0 Å². The fraction of sp³-hybridized carbons (Fsp3) is 0.867. The van der Waals surface area contributed by atoms with Gasteiger partial charge in [-0.25, -0.2) is 0 Å². The van der Waals surface area contributed by atoms with Crippen LogP contribution in [-0.2, 0) is 9.59 Å². The van der Waals surface area contributed by atoms with E-state index in [-0.39, 0.29) is 29.8 Å². The summed E-state index contributed by atoms with van der Waals surface area (Å²) in [6.45, 7) is 6.29. The van der Waals surface area contributed by atoms with Gasteiger partial charge in [0, 0.05) is 38.1 Å². The van der Waals surface area contributed by atoms with E-state index in [9.17, 15) is 9.59 Å². The highest BCUT2D eigenvalue weighted by Crippen LogP contribution is 2.25. The number of nitrogens with two attached hydrogens (primary N) is 1. The Kier molecular flexibility index (Phi) is 5.02. The lowest BCUT2D eigenvalue weighted by molar-refractivity contribution is -0.136. The highest BCUT2D eigenvalue weighted by Gasteiger charge is 2.39. The van der Waals surface area contributed by atoms with Gasteiger partial charge in [-0.3, -0.25) is 9.59 Å². The average molecular weight is 281 g/mol. The summed E-state index contributed by atoms with van der Waals surface area (Å²) < 4.78 is 0. The number of likely N-dealkylation sites (tertiary alicyclic amines) is 2. The highest BCUT2D eigenvalue weighted by molar-refractivity contribution is 5.89. The molecule has 2 saturated heterocycles. The summed E-state index contributed by atoms with van der Waals surface area (Å²) in [6.07, 6.45) is 4.06. The molecule has 2 amide bonds. The van der Waals surface area contributed by atoms with Crippen LogP contribution in [0.4, 0.5) is 0 Å². The van der Waals surface area contributed by atoms with Gasteiger partial charge in [0.15, 0.2) is 0 Å². The number of hydrogen-bond donors (Lipinski definition) is 1. The van der Waals surface area contributed by atoms with E-state index in [4.69, 9.17) is 5.73 Å².